The van der Waals surface area contributed by atoms with Gasteiger partial charge in [0, 0.05) is 24.9 Å². The lowest BCUT2D eigenvalue weighted by Crippen LogP contribution is -2.48. The van der Waals surface area contributed by atoms with E-state index in [4.69, 9.17) is 0 Å². The first-order valence-corrected chi connectivity index (χ1v) is 7.81. The van der Waals surface area contributed by atoms with Crippen molar-refractivity contribution >= 4 is 5.78 Å². The average molecular weight is 258 g/mol. The third-order valence-electron chi connectivity index (χ3n) is 5.81. The van der Waals surface area contributed by atoms with Crippen molar-refractivity contribution in [2.75, 3.05) is 0 Å². The highest BCUT2D eigenvalue weighted by Gasteiger charge is 2.51. The molecule has 4 saturated carbocycles. The first-order chi connectivity index (χ1) is 9.26. The monoisotopic (exact) mass is 258 g/mol. The van der Waals surface area contributed by atoms with Gasteiger partial charge in [-0.25, -0.2) is 4.98 Å². The zero-order valence-corrected chi connectivity index (χ0v) is 11.6. The first-order valence-electron chi connectivity index (χ1n) is 7.81. The Labute approximate surface area is 114 Å². The molecule has 4 fully saturated rings. The number of carbonyl (C=O) groups excluding carboxylic acids is 1. The SMILES string of the molecule is CCn1ccnc1C(=O)C1C2CC3CC(C2)CC1C3. The van der Waals surface area contributed by atoms with Crippen molar-refractivity contribution in [1.29, 1.82) is 0 Å². The second-order valence-corrected chi connectivity index (χ2v) is 6.86. The van der Waals surface area contributed by atoms with E-state index in [-0.39, 0.29) is 5.92 Å². The van der Waals surface area contributed by atoms with E-state index >= 15 is 0 Å². The largest absolute Gasteiger partial charge is 0.329 e. The van der Waals surface area contributed by atoms with Gasteiger partial charge in [0.05, 0.1) is 0 Å². The fourth-order valence-corrected chi connectivity index (χ4v) is 5.29. The van der Waals surface area contributed by atoms with E-state index in [9.17, 15) is 4.79 Å². The third kappa shape index (κ3) is 1.70. The highest BCUT2D eigenvalue weighted by atomic mass is 16.1. The number of carbonyl (C=O) groups is 1. The van der Waals surface area contributed by atoms with Crippen LogP contribution in [0.25, 0.3) is 0 Å². The van der Waals surface area contributed by atoms with Crippen molar-refractivity contribution in [1.82, 2.24) is 9.55 Å². The van der Waals surface area contributed by atoms with E-state index in [1.807, 2.05) is 10.8 Å². The van der Waals surface area contributed by atoms with Crippen LogP contribution in [0, 0.1) is 29.6 Å². The Hall–Kier alpha value is -1.12. The van der Waals surface area contributed by atoms with Crippen LogP contribution in [0.2, 0.25) is 0 Å². The Bertz CT molecular complexity index is 477. The van der Waals surface area contributed by atoms with Gasteiger partial charge in [0.2, 0.25) is 5.78 Å². The van der Waals surface area contributed by atoms with Crippen molar-refractivity contribution in [2.24, 2.45) is 29.6 Å². The van der Waals surface area contributed by atoms with Crippen molar-refractivity contribution in [3.8, 4) is 0 Å². The molecule has 0 unspecified atom stereocenters. The summed E-state index contributed by atoms with van der Waals surface area (Å²) in [6.45, 7) is 2.92. The van der Waals surface area contributed by atoms with Gasteiger partial charge in [-0.2, -0.15) is 0 Å². The van der Waals surface area contributed by atoms with Gasteiger partial charge in [0.1, 0.15) is 0 Å². The molecule has 0 aromatic carbocycles. The standard InChI is InChI=1S/C16H22N2O/c1-2-18-4-3-17-16(18)15(19)14-12-6-10-5-11(8-12)9-13(14)7-10/h3-4,10-14H,2,5-9H2,1H3. The normalized spacial score (nSPS) is 39.7. The maximum Gasteiger partial charge on any atom is 0.201 e. The Morgan fingerprint density at radius 2 is 1.84 bits per heavy atom. The summed E-state index contributed by atoms with van der Waals surface area (Å²) in [6, 6.07) is 0. The van der Waals surface area contributed by atoms with E-state index in [1.54, 1.807) is 6.20 Å². The molecular formula is C16H22N2O. The van der Waals surface area contributed by atoms with E-state index < -0.39 is 0 Å². The smallest absolute Gasteiger partial charge is 0.201 e. The number of Topliss-reactive ketones (excluding diaryl/α,β-unsaturated/α-hetero) is 1. The number of aryl methyl sites for hydroxylation is 1. The van der Waals surface area contributed by atoms with Crippen molar-refractivity contribution in [3.63, 3.8) is 0 Å². The molecule has 4 bridgehead atoms. The van der Waals surface area contributed by atoms with Gasteiger partial charge < -0.3 is 4.57 Å². The molecule has 1 aromatic heterocycles. The minimum atomic E-state index is 0.278. The topological polar surface area (TPSA) is 34.9 Å². The highest BCUT2D eigenvalue weighted by molar-refractivity contribution is 5.95. The van der Waals surface area contributed by atoms with Crippen LogP contribution < -0.4 is 0 Å². The Morgan fingerprint density at radius 1 is 1.21 bits per heavy atom. The summed E-state index contributed by atoms with van der Waals surface area (Å²) in [5.41, 5.74) is 0. The van der Waals surface area contributed by atoms with Gasteiger partial charge >= 0.3 is 0 Å². The number of hydrogen-bond acceptors (Lipinski definition) is 2. The third-order valence-corrected chi connectivity index (χ3v) is 5.81. The molecule has 0 radical (unpaired) electrons. The number of hydrogen-bond donors (Lipinski definition) is 0. The zero-order valence-electron chi connectivity index (χ0n) is 11.6. The van der Waals surface area contributed by atoms with Crippen LogP contribution in [0.5, 0.6) is 0 Å². The van der Waals surface area contributed by atoms with Crippen LogP contribution in [-0.4, -0.2) is 15.3 Å². The molecule has 4 aliphatic carbocycles. The van der Waals surface area contributed by atoms with Crippen molar-refractivity contribution < 1.29 is 4.79 Å². The lowest BCUT2D eigenvalue weighted by Gasteiger charge is -2.53. The summed E-state index contributed by atoms with van der Waals surface area (Å²) in [5.74, 6) is 4.49. The zero-order chi connectivity index (χ0) is 13.0. The number of rotatable bonds is 3. The molecule has 0 atom stereocenters. The number of ketones is 1. The quantitative estimate of drug-likeness (QED) is 0.781. The maximum absolute atomic E-state index is 12.9. The lowest BCUT2D eigenvalue weighted by molar-refractivity contribution is -0.0256. The van der Waals surface area contributed by atoms with E-state index in [2.05, 4.69) is 11.9 Å². The fraction of sp³-hybridized carbons (Fsp3) is 0.750. The summed E-state index contributed by atoms with van der Waals surface area (Å²) >= 11 is 0. The Morgan fingerprint density at radius 3 is 2.42 bits per heavy atom. The minimum Gasteiger partial charge on any atom is -0.329 e. The molecule has 3 heteroatoms. The molecule has 0 spiro atoms. The number of aromatic nitrogens is 2. The average Bonchev–Trinajstić information content (AvgIpc) is 2.85. The van der Waals surface area contributed by atoms with Gasteiger partial charge in [0.15, 0.2) is 5.82 Å². The van der Waals surface area contributed by atoms with Crippen molar-refractivity contribution in [3.05, 3.63) is 18.2 Å². The predicted octanol–water partition coefficient (Wildman–Crippen LogP) is 3.16. The highest BCUT2D eigenvalue weighted by Crippen LogP contribution is 2.57. The van der Waals surface area contributed by atoms with Gasteiger partial charge in [0.25, 0.3) is 0 Å². The number of nitrogens with zero attached hydrogens (tertiary/aromatic N) is 2. The Kier molecular flexibility index (Phi) is 2.58. The van der Waals surface area contributed by atoms with Gasteiger partial charge in [-0.3, -0.25) is 4.79 Å². The van der Waals surface area contributed by atoms with E-state index in [0.717, 1.165) is 18.4 Å². The molecule has 0 N–H and O–H groups in total. The van der Waals surface area contributed by atoms with Gasteiger partial charge in [-0.1, -0.05) is 0 Å². The van der Waals surface area contributed by atoms with Gasteiger partial charge in [-0.05, 0) is 62.7 Å². The predicted molar refractivity (Wildman–Crippen MR) is 72.8 cm³/mol. The molecular weight excluding hydrogens is 236 g/mol. The molecule has 1 aromatic rings. The molecule has 3 nitrogen and oxygen atoms in total. The molecule has 0 amide bonds. The van der Waals surface area contributed by atoms with Crippen LogP contribution in [0.15, 0.2) is 12.4 Å². The number of imidazole rings is 1. The second kappa shape index (κ2) is 4.19. The van der Waals surface area contributed by atoms with Crippen LogP contribution >= 0.6 is 0 Å². The molecule has 0 saturated heterocycles. The molecule has 5 rings (SSSR count). The summed E-state index contributed by atoms with van der Waals surface area (Å²) in [4.78, 5) is 17.2. The second-order valence-electron chi connectivity index (χ2n) is 6.86. The van der Waals surface area contributed by atoms with Crippen LogP contribution in [-0.2, 0) is 6.54 Å². The molecule has 19 heavy (non-hydrogen) atoms. The van der Waals surface area contributed by atoms with E-state index in [0.29, 0.717) is 23.4 Å². The van der Waals surface area contributed by atoms with Gasteiger partial charge in [-0.15, -0.1) is 0 Å². The van der Waals surface area contributed by atoms with Crippen LogP contribution in [0.4, 0.5) is 0 Å². The summed E-state index contributed by atoms with van der Waals surface area (Å²) < 4.78 is 2.01. The minimum absolute atomic E-state index is 0.278. The van der Waals surface area contributed by atoms with Crippen LogP contribution in [0.1, 0.15) is 49.6 Å². The maximum atomic E-state index is 12.9. The summed E-state index contributed by atoms with van der Waals surface area (Å²) in [7, 11) is 0. The fourth-order valence-electron chi connectivity index (χ4n) is 5.29. The molecule has 0 aliphatic heterocycles. The van der Waals surface area contributed by atoms with E-state index in [1.165, 1.54) is 32.1 Å². The van der Waals surface area contributed by atoms with Crippen LogP contribution in [0.3, 0.4) is 0 Å². The summed E-state index contributed by atoms with van der Waals surface area (Å²) in [5, 5.41) is 0. The molecule has 102 valence electrons. The lowest BCUT2D eigenvalue weighted by atomic mass is 9.51. The molecule has 1 heterocycles. The molecule has 4 aliphatic rings. The Balaban J connectivity index is 1.64. The summed E-state index contributed by atoms with van der Waals surface area (Å²) in [6.07, 6.45) is 10.4. The van der Waals surface area contributed by atoms with Crippen molar-refractivity contribution in [2.45, 2.75) is 45.6 Å². The first kappa shape index (κ1) is 11.7.